The average Bonchev–Trinajstić information content (AvgIpc) is 3.60. The van der Waals surface area contributed by atoms with Gasteiger partial charge in [0.15, 0.2) is 0 Å². The third-order valence-electron chi connectivity index (χ3n) is 10.6. The van der Waals surface area contributed by atoms with E-state index in [1.54, 1.807) is 0 Å². The van der Waals surface area contributed by atoms with Crippen molar-refractivity contribution in [3.8, 4) is 39.1 Å². The molecule has 0 atom stereocenters. The van der Waals surface area contributed by atoms with Gasteiger partial charge in [-0.05, 0) is 87.8 Å². The Hall–Kier alpha value is -7.16. The number of benzene rings is 9. The Kier molecular flexibility index (Phi) is 7.85. The Labute approximate surface area is 315 Å². The molecule has 1 heterocycles. The van der Waals surface area contributed by atoms with Gasteiger partial charge in [-0.15, -0.1) is 0 Å². The number of nitrogens with zero attached hydrogens (tertiary/aromatic N) is 2. The molecule has 0 bridgehead atoms. The van der Waals surface area contributed by atoms with Gasteiger partial charge in [-0.2, -0.15) is 0 Å². The molecule has 0 saturated carbocycles. The normalized spacial score (nSPS) is 11.3. The smallest absolute Gasteiger partial charge is 0.0619 e. The van der Waals surface area contributed by atoms with E-state index in [-0.39, 0.29) is 0 Å². The standard InChI is InChI=1S/C52H36N2/c1-4-14-37(15-5-1)42-29-35-51(49(36-42)40-16-6-2-7-17-40)53(43-19-8-3-9-20-43)44-30-24-38(25-31-44)39-26-32-45(33-27-39)54-50-23-13-12-22-47(50)48-34-28-41-18-10-11-21-46(41)52(48)54/h1-36H. The van der Waals surface area contributed by atoms with Crippen molar-refractivity contribution < 1.29 is 0 Å². The van der Waals surface area contributed by atoms with E-state index in [1.807, 2.05) is 0 Å². The van der Waals surface area contributed by atoms with Crippen LogP contribution in [0.15, 0.2) is 218 Å². The van der Waals surface area contributed by atoms with Crippen LogP contribution in [0.2, 0.25) is 0 Å². The molecule has 10 aromatic rings. The Bertz CT molecular complexity index is 2890. The lowest BCUT2D eigenvalue weighted by atomic mass is 9.96. The van der Waals surface area contributed by atoms with Crippen molar-refractivity contribution >= 4 is 49.6 Å². The number of hydrogen-bond acceptors (Lipinski definition) is 1. The van der Waals surface area contributed by atoms with Crippen molar-refractivity contribution in [2.24, 2.45) is 0 Å². The monoisotopic (exact) mass is 688 g/mol. The highest BCUT2D eigenvalue weighted by molar-refractivity contribution is 6.18. The maximum absolute atomic E-state index is 2.42. The summed E-state index contributed by atoms with van der Waals surface area (Å²) in [4.78, 5) is 2.37. The minimum Gasteiger partial charge on any atom is -0.310 e. The van der Waals surface area contributed by atoms with Gasteiger partial charge >= 0.3 is 0 Å². The van der Waals surface area contributed by atoms with Crippen molar-refractivity contribution in [2.45, 2.75) is 0 Å². The summed E-state index contributed by atoms with van der Waals surface area (Å²) in [5, 5.41) is 5.06. The first kappa shape index (κ1) is 31.6. The summed E-state index contributed by atoms with van der Waals surface area (Å²) in [6.07, 6.45) is 0. The van der Waals surface area contributed by atoms with E-state index in [4.69, 9.17) is 0 Å². The highest BCUT2D eigenvalue weighted by Gasteiger charge is 2.19. The topological polar surface area (TPSA) is 8.17 Å². The first-order valence-electron chi connectivity index (χ1n) is 18.5. The van der Waals surface area contributed by atoms with Gasteiger partial charge in [0.1, 0.15) is 0 Å². The van der Waals surface area contributed by atoms with Crippen molar-refractivity contribution in [2.75, 3.05) is 4.90 Å². The van der Waals surface area contributed by atoms with Gasteiger partial charge < -0.3 is 9.47 Å². The number of fused-ring (bicyclic) bond motifs is 5. The van der Waals surface area contributed by atoms with Crippen LogP contribution in [-0.2, 0) is 0 Å². The summed E-state index contributed by atoms with van der Waals surface area (Å²) in [6, 6.07) is 78.8. The number of anilines is 3. The molecule has 0 radical (unpaired) electrons. The minimum absolute atomic E-state index is 1.10. The third-order valence-corrected chi connectivity index (χ3v) is 10.6. The molecule has 10 rings (SSSR count). The zero-order chi connectivity index (χ0) is 35.8. The molecule has 0 spiro atoms. The van der Waals surface area contributed by atoms with Crippen LogP contribution in [-0.4, -0.2) is 4.57 Å². The van der Waals surface area contributed by atoms with E-state index >= 15 is 0 Å². The van der Waals surface area contributed by atoms with Crippen LogP contribution in [0.3, 0.4) is 0 Å². The number of hydrogen-bond donors (Lipinski definition) is 0. The van der Waals surface area contributed by atoms with Crippen LogP contribution in [0.1, 0.15) is 0 Å². The minimum atomic E-state index is 1.10. The lowest BCUT2D eigenvalue weighted by molar-refractivity contribution is 1.19. The van der Waals surface area contributed by atoms with Gasteiger partial charge in [0.05, 0.1) is 16.7 Å². The highest BCUT2D eigenvalue weighted by atomic mass is 15.1. The van der Waals surface area contributed by atoms with Gasteiger partial charge in [0.2, 0.25) is 0 Å². The van der Waals surface area contributed by atoms with Crippen molar-refractivity contribution in [1.82, 2.24) is 4.57 Å². The molecule has 0 unspecified atom stereocenters. The van der Waals surface area contributed by atoms with Crippen LogP contribution < -0.4 is 4.90 Å². The second-order valence-corrected chi connectivity index (χ2v) is 13.8. The predicted molar refractivity (Wildman–Crippen MR) is 229 cm³/mol. The molecule has 0 N–H and O–H groups in total. The third kappa shape index (κ3) is 5.53. The molecule has 0 amide bonds. The van der Waals surface area contributed by atoms with Gasteiger partial charge in [-0.25, -0.2) is 0 Å². The maximum Gasteiger partial charge on any atom is 0.0619 e. The Balaban J connectivity index is 1.05. The molecule has 54 heavy (non-hydrogen) atoms. The van der Waals surface area contributed by atoms with E-state index in [9.17, 15) is 0 Å². The molecular formula is C52H36N2. The molecule has 0 aliphatic heterocycles. The average molecular weight is 689 g/mol. The molecule has 0 fully saturated rings. The van der Waals surface area contributed by atoms with Crippen molar-refractivity contribution in [3.63, 3.8) is 0 Å². The van der Waals surface area contributed by atoms with E-state index in [1.165, 1.54) is 66.0 Å². The predicted octanol–water partition coefficient (Wildman–Crippen LogP) is 14.4. The van der Waals surface area contributed by atoms with Crippen LogP contribution in [0, 0.1) is 0 Å². The molecule has 9 aromatic carbocycles. The summed E-state index contributed by atoms with van der Waals surface area (Å²) in [5.41, 5.74) is 14.1. The summed E-state index contributed by atoms with van der Waals surface area (Å²) in [7, 11) is 0. The SMILES string of the molecule is c1ccc(-c2ccc(N(c3ccccc3)c3ccc(-c4ccc(-n5c6ccccc6c6ccc7ccccc7c65)cc4)cc3)c(-c3ccccc3)c2)cc1. The summed E-state index contributed by atoms with van der Waals surface area (Å²) < 4.78 is 2.42. The number of rotatable bonds is 7. The second-order valence-electron chi connectivity index (χ2n) is 13.8. The zero-order valence-corrected chi connectivity index (χ0v) is 29.7. The van der Waals surface area contributed by atoms with Gasteiger partial charge in [-0.1, -0.05) is 164 Å². The van der Waals surface area contributed by atoms with Crippen LogP contribution in [0.4, 0.5) is 17.1 Å². The van der Waals surface area contributed by atoms with Gasteiger partial charge in [0.25, 0.3) is 0 Å². The van der Waals surface area contributed by atoms with Crippen LogP contribution in [0.5, 0.6) is 0 Å². The molecule has 1 aromatic heterocycles. The van der Waals surface area contributed by atoms with E-state index in [2.05, 4.69) is 228 Å². The molecule has 0 aliphatic rings. The molecule has 254 valence electrons. The first-order chi connectivity index (χ1) is 26.8. The van der Waals surface area contributed by atoms with Crippen molar-refractivity contribution in [1.29, 1.82) is 0 Å². The lowest BCUT2D eigenvalue weighted by Crippen LogP contribution is -2.11. The highest BCUT2D eigenvalue weighted by Crippen LogP contribution is 2.43. The molecule has 2 nitrogen and oxygen atoms in total. The fourth-order valence-corrected chi connectivity index (χ4v) is 8.00. The van der Waals surface area contributed by atoms with Crippen LogP contribution >= 0.6 is 0 Å². The lowest BCUT2D eigenvalue weighted by Gasteiger charge is -2.28. The maximum atomic E-state index is 2.42. The van der Waals surface area contributed by atoms with Gasteiger partial charge in [0, 0.05) is 38.8 Å². The summed E-state index contributed by atoms with van der Waals surface area (Å²) in [5.74, 6) is 0. The Morgan fingerprint density at radius 1 is 0.333 bits per heavy atom. The fraction of sp³-hybridized carbons (Fsp3) is 0. The second kappa shape index (κ2) is 13.4. The zero-order valence-electron chi connectivity index (χ0n) is 29.7. The number of aromatic nitrogens is 1. The summed E-state index contributed by atoms with van der Waals surface area (Å²) >= 11 is 0. The van der Waals surface area contributed by atoms with Gasteiger partial charge in [-0.3, -0.25) is 0 Å². The van der Waals surface area contributed by atoms with E-state index in [0.29, 0.717) is 0 Å². The molecule has 2 heteroatoms. The van der Waals surface area contributed by atoms with Crippen molar-refractivity contribution in [3.05, 3.63) is 218 Å². The first-order valence-corrected chi connectivity index (χ1v) is 18.5. The number of para-hydroxylation sites is 2. The largest absolute Gasteiger partial charge is 0.310 e. The Morgan fingerprint density at radius 3 is 1.59 bits per heavy atom. The molecule has 0 saturated heterocycles. The quantitative estimate of drug-likeness (QED) is 0.162. The summed E-state index contributed by atoms with van der Waals surface area (Å²) in [6.45, 7) is 0. The van der Waals surface area contributed by atoms with E-state index < -0.39 is 0 Å². The fourth-order valence-electron chi connectivity index (χ4n) is 8.00. The van der Waals surface area contributed by atoms with E-state index in [0.717, 1.165) is 22.7 Å². The molecule has 0 aliphatic carbocycles. The Morgan fingerprint density at radius 2 is 0.870 bits per heavy atom. The van der Waals surface area contributed by atoms with Crippen LogP contribution in [0.25, 0.3) is 71.6 Å². The molecular weight excluding hydrogens is 653 g/mol.